The van der Waals surface area contributed by atoms with E-state index in [-0.39, 0.29) is 11.9 Å². The number of benzene rings is 2. The van der Waals surface area contributed by atoms with Gasteiger partial charge in [0.25, 0.3) is 0 Å². The van der Waals surface area contributed by atoms with E-state index in [2.05, 4.69) is 24.1 Å². The topological polar surface area (TPSA) is 58.1 Å². The Morgan fingerprint density at radius 1 is 1.07 bits per heavy atom. The number of halogens is 1. The highest BCUT2D eigenvalue weighted by molar-refractivity contribution is 6.33. The van der Waals surface area contributed by atoms with E-state index in [1.807, 2.05) is 55.5 Å². The van der Waals surface area contributed by atoms with Crippen LogP contribution in [0.3, 0.4) is 0 Å². The average Bonchev–Trinajstić information content (AvgIpc) is 2.76. The molecule has 1 heterocycles. The molecule has 0 fully saturated rings. The van der Waals surface area contributed by atoms with E-state index in [0.717, 1.165) is 41.7 Å². The number of rotatable bonds is 9. The molecule has 1 N–H and O–H groups in total. The molecule has 1 atom stereocenters. The molecule has 0 aliphatic carbocycles. The van der Waals surface area contributed by atoms with E-state index in [1.54, 1.807) is 0 Å². The largest absolute Gasteiger partial charge is 0.355 e. The van der Waals surface area contributed by atoms with Crippen LogP contribution >= 0.6 is 11.6 Å². The number of hydrogen-bond donors (Lipinski definition) is 1. The second-order valence-corrected chi connectivity index (χ2v) is 7.89. The van der Waals surface area contributed by atoms with Gasteiger partial charge in [0.15, 0.2) is 5.82 Å². The van der Waals surface area contributed by atoms with E-state index < -0.39 is 0 Å². The van der Waals surface area contributed by atoms with Crippen molar-refractivity contribution in [2.75, 3.05) is 18.0 Å². The molecular formula is C24H29ClN4O. The fourth-order valence-electron chi connectivity index (χ4n) is 3.34. The summed E-state index contributed by atoms with van der Waals surface area (Å²) in [7, 11) is 0. The molecule has 0 aliphatic heterocycles. The highest BCUT2D eigenvalue weighted by Crippen LogP contribution is 2.31. The Bertz CT molecular complexity index is 1010. The Morgan fingerprint density at radius 3 is 2.53 bits per heavy atom. The fraction of sp³-hybridized carbons (Fsp3) is 0.375. The molecule has 1 amide bonds. The summed E-state index contributed by atoms with van der Waals surface area (Å²) >= 11 is 6.42. The highest BCUT2D eigenvalue weighted by Gasteiger charge is 2.17. The zero-order chi connectivity index (χ0) is 21.5. The molecule has 2 aromatic carbocycles. The third-order valence-corrected chi connectivity index (χ3v) is 5.45. The van der Waals surface area contributed by atoms with E-state index >= 15 is 0 Å². The molecule has 0 saturated heterocycles. The molecule has 158 valence electrons. The van der Waals surface area contributed by atoms with Gasteiger partial charge in [0.2, 0.25) is 5.91 Å². The number of aromatic nitrogens is 2. The molecule has 30 heavy (non-hydrogen) atoms. The summed E-state index contributed by atoms with van der Waals surface area (Å²) in [4.78, 5) is 24.2. The molecule has 1 unspecified atom stereocenters. The molecule has 5 nitrogen and oxygen atoms in total. The summed E-state index contributed by atoms with van der Waals surface area (Å²) in [5, 5.41) is 4.64. The van der Waals surface area contributed by atoms with Crippen LogP contribution in [0.4, 0.5) is 5.82 Å². The predicted molar refractivity (Wildman–Crippen MR) is 125 cm³/mol. The smallest absolute Gasteiger partial charge is 0.221 e. The first kappa shape index (κ1) is 22.0. The van der Waals surface area contributed by atoms with Crippen LogP contribution in [0.15, 0.2) is 48.5 Å². The number of carbonyl (C=O) groups excluding carboxylic acids is 1. The second-order valence-electron chi connectivity index (χ2n) is 7.48. The SMILES string of the molecule is CCCN(CCC(=O)NC(C)CC)c1nc(-c2ccccc2Cl)nc2ccccc12. The number of nitrogens with zero attached hydrogens (tertiary/aromatic N) is 3. The number of para-hydroxylation sites is 1. The van der Waals surface area contributed by atoms with Gasteiger partial charge in [-0.25, -0.2) is 9.97 Å². The van der Waals surface area contributed by atoms with Crippen LogP contribution in [0.25, 0.3) is 22.3 Å². The summed E-state index contributed by atoms with van der Waals surface area (Å²) in [6.45, 7) is 7.62. The summed E-state index contributed by atoms with van der Waals surface area (Å²) in [5.41, 5.74) is 1.67. The van der Waals surface area contributed by atoms with Crippen LogP contribution in [0.1, 0.15) is 40.0 Å². The molecular weight excluding hydrogens is 396 g/mol. The maximum absolute atomic E-state index is 12.4. The van der Waals surface area contributed by atoms with E-state index in [1.165, 1.54) is 0 Å². The fourth-order valence-corrected chi connectivity index (χ4v) is 3.56. The zero-order valence-electron chi connectivity index (χ0n) is 17.9. The Labute approximate surface area is 183 Å². The van der Waals surface area contributed by atoms with Gasteiger partial charge in [-0.05, 0) is 44.0 Å². The van der Waals surface area contributed by atoms with Crippen LogP contribution in [0, 0.1) is 0 Å². The number of fused-ring (bicyclic) bond motifs is 1. The van der Waals surface area contributed by atoms with Crippen LogP contribution in [0.5, 0.6) is 0 Å². The molecule has 1 aromatic heterocycles. The van der Waals surface area contributed by atoms with Gasteiger partial charge in [-0.1, -0.05) is 49.7 Å². The third kappa shape index (κ3) is 5.28. The summed E-state index contributed by atoms with van der Waals surface area (Å²) in [6.07, 6.45) is 2.29. The van der Waals surface area contributed by atoms with Crippen LogP contribution in [-0.2, 0) is 4.79 Å². The lowest BCUT2D eigenvalue weighted by atomic mass is 10.1. The molecule has 0 bridgehead atoms. The van der Waals surface area contributed by atoms with Crippen molar-refractivity contribution in [1.82, 2.24) is 15.3 Å². The lowest BCUT2D eigenvalue weighted by molar-refractivity contribution is -0.121. The number of anilines is 1. The van der Waals surface area contributed by atoms with Crippen molar-refractivity contribution >= 4 is 34.2 Å². The average molecular weight is 425 g/mol. The quantitative estimate of drug-likeness (QED) is 0.494. The molecule has 0 radical (unpaired) electrons. The van der Waals surface area contributed by atoms with Gasteiger partial charge in [0.05, 0.1) is 10.5 Å². The Hall–Kier alpha value is -2.66. The van der Waals surface area contributed by atoms with Crippen molar-refractivity contribution in [3.05, 3.63) is 53.6 Å². The predicted octanol–water partition coefficient (Wildman–Crippen LogP) is 5.47. The number of nitrogens with one attached hydrogen (secondary N) is 1. The zero-order valence-corrected chi connectivity index (χ0v) is 18.6. The molecule has 3 aromatic rings. The normalized spacial score (nSPS) is 12.0. The van der Waals surface area contributed by atoms with Crippen LogP contribution in [-0.4, -0.2) is 35.0 Å². The Balaban J connectivity index is 1.98. The lowest BCUT2D eigenvalue weighted by Gasteiger charge is -2.25. The maximum atomic E-state index is 12.4. The minimum Gasteiger partial charge on any atom is -0.355 e. The molecule has 3 rings (SSSR count). The number of carbonyl (C=O) groups is 1. The third-order valence-electron chi connectivity index (χ3n) is 5.12. The molecule has 0 saturated carbocycles. The first-order valence-electron chi connectivity index (χ1n) is 10.6. The van der Waals surface area contributed by atoms with Gasteiger partial charge >= 0.3 is 0 Å². The van der Waals surface area contributed by atoms with Gasteiger partial charge < -0.3 is 10.2 Å². The van der Waals surface area contributed by atoms with Crippen molar-refractivity contribution in [2.45, 2.75) is 46.1 Å². The van der Waals surface area contributed by atoms with Crippen molar-refractivity contribution in [1.29, 1.82) is 0 Å². The van der Waals surface area contributed by atoms with Crippen molar-refractivity contribution in [2.24, 2.45) is 0 Å². The minimum absolute atomic E-state index is 0.0649. The van der Waals surface area contributed by atoms with Gasteiger partial charge in [-0.2, -0.15) is 0 Å². The lowest BCUT2D eigenvalue weighted by Crippen LogP contribution is -2.36. The first-order chi connectivity index (χ1) is 14.5. The van der Waals surface area contributed by atoms with Gasteiger partial charge in [-0.3, -0.25) is 4.79 Å². The number of hydrogen-bond acceptors (Lipinski definition) is 4. The maximum Gasteiger partial charge on any atom is 0.221 e. The molecule has 0 spiro atoms. The number of amides is 1. The van der Waals surface area contributed by atoms with Crippen LogP contribution in [0.2, 0.25) is 5.02 Å². The Morgan fingerprint density at radius 2 is 1.80 bits per heavy atom. The summed E-state index contributed by atoms with van der Waals surface area (Å²) in [6, 6.07) is 15.8. The standard InChI is InChI=1S/C24H29ClN4O/c1-4-15-29(16-14-22(30)26-17(3)5-2)24-19-11-7-9-13-21(19)27-23(28-24)18-10-6-8-12-20(18)25/h6-13,17H,4-5,14-16H2,1-3H3,(H,26,30). The summed E-state index contributed by atoms with van der Waals surface area (Å²) in [5.74, 6) is 1.50. The molecule has 0 aliphatic rings. The summed E-state index contributed by atoms with van der Waals surface area (Å²) < 4.78 is 0. The van der Waals surface area contributed by atoms with Crippen molar-refractivity contribution in [3.63, 3.8) is 0 Å². The Kier molecular flexibility index (Phi) is 7.63. The minimum atomic E-state index is 0.0649. The highest BCUT2D eigenvalue weighted by atomic mass is 35.5. The van der Waals surface area contributed by atoms with Crippen LogP contribution < -0.4 is 10.2 Å². The van der Waals surface area contributed by atoms with E-state index in [4.69, 9.17) is 21.6 Å². The van der Waals surface area contributed by atoms with Gasteiger partial charge in [0.1, 0.15) is 5.82 Å². The van der Waals surface area contributed by atoms with Crippen molar-refractivity contribution in [3.8, 4) is 11.4 Å². The van der Waals surface area contributed by atoms with Crippen molar-refractivity contribution < 1.29 is 4.79 Å². The van der Waals surface area contributed by atoms with Gasteiger partial charge in [0, 0.05) is 36.5 Å². The monoisotopic (exact) mass is 424 g/mol. The second kappa shape index (κ2) is 10.4. The molecule has 6 heteroatoms. The van der Waals surface area contributed by atoms with E-state index in [9.17, 15) is 4.79 Å². The first-order valence-corrected chi connectivity index (χ1v) is 11.0. The van der Waals surface area contributed by atoms with Gasteiger partial charge in [-0.15, -0.1) is 0 Å². The van der Waals surface area contributed by atoms with E-state index in [0.29, 0.717) is 23.8 Å².